The molecule has 1 aromatic heterocycles. The predicted octanol–water partition coefficient (Wildman–Crippen LogP) is 5.09. The first-order valence-corrected chi connectivity index (χ1v) is 10.1. The van der Waals surface area contributed by atoms with E-state index in [9.17, 15) is 4.79 Å². The average molecular weight is 462 g/mol. The van der Waals surface area contributed by atoms with Gasteiger partial charge in [-0.1, -0.05) is 40.2 Å². The van der Waals surface area contributed by atoms with Crippen molar-refractivity contribution < 1.29 is 4.79 Å². The Morgan fingerprint density at radius 3 is 2.50 bits per heavy atom. The Hall–Kier alpha value is -3.45. The maximum atomic E-state index is 12.3. The third kappa shape index (κ3) is 4.11. The van der Waals surface area contributed by atoms with Gasteiger partial charge in [0.25, 0.3) is 5.91 Å². The van der Waals surface area contributed by atoms with Crippen molar-refractivity contribution >= 4 is 50.2 Å². The number of nitrogens with two attached hydrogens (primary N) is 1. The number of halogens is 1. The van der Waals surface area contributed by atoms with Crippen LogP contribution in [-0.2, 0) is 0 Å². The number of fused-ring (bicyclic) bond motifs is 1. The zero-order chi connectivity index (χ0) is 21.3. The molecule has 0 unspecified atom stereocenters. The van der Waals surface area contributed by atoms with Crippen LogP contribution in [0, 0.1) is 0 Å². The molecule has 0 spiro atoms. The van der Waals surface area contributed by atoms with E-state index in [1.54, 1.807) is 19.0 Å². The first-order chi connectivity index (χ1) is 14.4. The summed E-state index contributed by atoms with van der Waals surface area (Å²) in [7, 11) is 3.49. The van der Waals surface area contributed by atoms with Crippen LogP contribution in [-0.4, -0.2) is 34.9 Å². The number of hydrogen-bond acceptors (Lipinski definition) is 5. The molecule has 0 saturated heterocycles. The Bertz CT molecular complexity index is 1260. The maximum absolute atomic E-state index is 12.3. The van der Waals surface area contributed by atoms with E-state index in [1.807, 2.05) is 66.7 Å². The standard InChI is InChI=1S/C23H20BrN5O/c1-29(2)22(30)16-6-3-5-14(11-16)15-9-10-20-19(12-15)21(28-23(25)27-20)26-18-8-4-7-17(24)13-18/h3-13H,1-2H3,(H3,25,26,27,28). The van der Waals surface area contributed by atoms with Crippen molar-refractivity contribution in [3.05, 3.63) is 76.8 Å². The molecular weight excluding hydrogens is 442 g/mol. The fraction of sp³-hybridized carbons (Fsp3) is 0.0870. The normalized spacial score (nSPS) is 10.8. The number of carbonyl (C=O) groups excluding carboxylic acids is 1. The molecule has 0 aliphatic carbocycles. The summed E-state index contributed by atoms with van der Waals surface area (Å²) in [5.74, 6) is 0.787. The zero-order valence-electron chi connectivity index (χ0n) is 16.6. The first kappa shape index (κ1) is 19.8. The molecule has 4 aromatic rings. The lowest BCUT2D eigenvalue weighted by molar-refractivity contribution is 0.0827. The highest BCUT2D eigenvalue weighted by Crippen LogP contribution is 2.30. The van der Waals surface area contributed by atoms with E-state index < -0.39 is 0 Å². The van der Waals surface area contributed by atoms with Crippen molar-refractivity contribution in [1.82, 2.24) is 14.9 Å². The first-order valence-electron chi connectivity index (χ1n) is 9.33. The molecule has 1 heterocycles. The second-order valence-electron chi connectivity index (χ2n) is 7.08. The fourth-order valence-corrected chi connectivity index (χ4v) is 3.61. The molecule has 30 heavy (non-hydrogen) atoms. The Morgan fingerprint density at radius 1 is 0.967 bits per heavy atom. The van der Waals surface area contributed by atoms with Crippen LogP contribution in [0.1, 0.15) is 10.4 Å². The molecule has 6 nitrogen and oxygen atoms in total. The SMILES string of the molecule is CN(C)C(=O)c1cccc(-c2ccc3nc(N)nc(Nc4cccc(Br)c4)c3c2)c1. The van der Waals surface area contributed by atoms with Crippen molar-refractivity contribution in [3.63, 3.8) is 0 Å². The summed E-state index contributed by atoms with van der Waals surface area (Å²) < 4.78 is 0.960. The minimum atomic E-state index is -0.0363. The van der Waals surface area contributed by atoms with Crippen molar-refractivity contribution in [2.75, 3.05) is 25.1 Å². The largest absolute Gasteiger partial charge is 0.368 e. The summed E-state index contributed by atoms with van der Waals surface area (Å²) in [6.07, 6.45) is 0. The van der Waals surface area contributed by atoms with Gasteiger partial charge in [0, 0.05) is 35.2 Å². The van der Waals surface area contributed by atoms with Crippen molar-refractivity contribution in [3.8, 4) is 11.1 Å². The Labute approximate surface area is 182 Å². The summed E-state index contributed by atoms with van der Waals surface area (Å²) in [4.78, 5) is 22.7. The molecule has 0 bridgehead atoms. The summed E-state index contributed by atoms with van der Waals surface area (Å²) in [5, 5.41) is 4.17. The van der Waals surface area contributed by atoms with Gasteiger partial charge in [-0.25, -0.2) is 4.98 Å². The van der Waals surface area contributed by atoms with Gasteiger partial charge >= 0.3 is 0 Å². The monoisotopic (exact) mass is 461 g/mol. The smallest absolute Gasteiger partial charge is 0.253 e. The van der Waals surface area contributed by atoms with E-state index in [0.717, 1.165) is 32.2 Å². The van der Waals surface area contributed by atoms with E-state index in [2.05, 4.69) is 31.2 Å². The van der Waals surface area contributed by atoms with Crippen LogP contribution in [0.2, 0.25) is 0 Å². The molecule has 0 aliphatic heterocycles. The Kier molecular flexibility index (Phi) is 5.37. The van der Waals surface area contributed by atoms with E-state index >= 15 is 0 Å². The molecule has 0 aliphatic rings. The van der Waals surface area contributed by atoms with Crippen molar-refractivity contribution in [2.45, 2.75) is 0 Å². The zero-order valence-corrected chi connectivity index (χ0v) is 18.1. The molecule has 3 N–H and O–H groups in total. The summed E-state index contributed by atoms with van der Waals surface area (Å²) in [6.45, 7) is 0. The van der Waals surface area contributed by atoms with Gasteiger partial charge in [-0.15, -0.1) is 0 Å². The Balaban J connectivity index is 1.80. The number of rotatable bonds is 4. The lowest BCUT2D eigenvalue weighted by Gasteiger charge is -2.13. The number of nitrogen functional groups attached to an aromatic ring is 1. The lowest BCUT2D eigenvalue weighted by atomic mass is 10.0. The molecule has 1 amide bonds. The maximum Gasteiger partial charge on any atom is 0.253 e. The summed E-state index contributed by atoms with van der Waals surface area (Å²) in [5.41, 5.74) is 10.1. The van der Waals surface area contributed by atoms with E-state index in [1.165, 1.54) is 0 Å². The van der Waals surface area contributed by atoms with E-state index in [0.29, 0.717) is 11.4 Å². The molecule has 0 atom stereocenters. The van der Waals surface area contributed by atoms with Crippen LogP contribution in [0.25, 0.3) is 22.0 Å². The van der Waals surface area contributed by atoms with Crippen molar-refractivity contribution in [1.29, 1.82) is 0 Å². The van der Waals surface area contributed by atoms with Gasteiger partial charge in [0.05, 0.1) is 5.52 Å². The molecular formula is C23H20BrN5O. The number of carbonyl (C=O) groups is 1. The number of nitrogens with one attached hydrogen (secondary N) is 1. The quantitative estimate of drug-likeness (QED) is 0.442. The average Bonchev–Trinajstić information content (AvgIpc) is 2.73. The highest BCUT2D eigenvalue weighted by Gasteiger charge is 2.12. The molecule has 0 fully saturated rings. The summed E-state index contributed by atoms with van der Waals surface area (Å²) >= 11 is 3.48. The number of nitrogens with zero attached hydrogens (tertiary/aromatic N) is 3. The van der Waals surface area contributed by atoms with Crippen LogP contribution in [0.5, 0.6) is 0 Å². The number of hydrogen-bond donors (Lipinski definition) is 2. The van der Waals surface area contributed by atoms with Gasteiger partial charge in [-0.3, -0.25) is 4.79 Å². The lowest BCUT2D eigenvalue weighted by Crippen LogP contribution is -2.21. The van der Waals surface area contributed by atoms with Gasteiger partial charge < -0.3 is 16.0 Å². The van der Waals surface area contributed by atoms with Crippen LogP contribution in [0.3, 0.4) is 0 Å². The predicted molar refractivity (Wildman–Crippen MR) is 125 cm³/mol. The van der Waals surface area contributed by atoms with Crippen LogP contribution < -0.4 is 11.1 Å². The van der Waals surface area contributed by atoms with E-state index in [4.69, 9.17) is 5.73 Å². The highest BCUT2D eigenvalue weighted by atomic mass is 79.9. The third-order valence-electron chi connectivity index (χ3n) is 4.65. The number of amides is 1. The topological polar surface area (TPSA) is 84.1 Å². The summed E-state index contributed by atoms with van der Waals surface area (Å²) in [6, 6.07) is 21.3. The highest BCUT2D eigenvalue weighted by molar-refractivity contribution is 9.10. The van der Waals surface area contributed by atoms with Gasteiger partial charge in [0.1, 0.15) is 5.82 Å². The Morgan fingerprint density at radius 2 is 1.73 bits per heavy atom. The molecule has 0 saturated carbocycles. The second-order valence-corrected chi connectivity index (χ2v) is 7.99. The minimum Gasteiger partial charge on any atom is -0.368 e. The van der Waals surface area contributed by atoms with Gasteiger partial charge in [-0.2, -0.15) is 4.98 Å². The van der Waals surface area contributed by atoms with Crippen LogP contribution in [0.15, 0.2) is 71.2 Å². The molecule has 0 radical (unpaired) electrons. The number of aromatic nitrogens is 2. The number of benzene rings is 3. The van der Waals surface area contributed by atoms with Gasteiger partial charge in [0.15, 0.2) is 0 Å². The van der Waals surface area contributed by atoms with E-state index in [-0.39, 0.29) is 11.9 Å². The minimum absolute atomic E-state index is 0.0363. The van der Waals surface area contributed by atoms with Crippen LogP contribution in [0.4, 0.5) is 17.5 Å². The van der Waals surface area contributed by atoms with Crippen molar-refractivity contribution in [2.24, 2.45) is 0 Å². The molecule has 150 valence electrons. The van der Waals surface area contributed by atoms with Gasteiger partial charge in [-0.05, 0) is 53.6 Å². The molecule has 7 heteroatoms. The van der Waals surface area contributed by atoms with Gasteiger partial charge in [0.2, 0.25) is 5.95 Å². The molecule has 3 aromatic carbocycles. The second kappa shape index (κ2) is 8.12. The molecule has 4 rings (SSSR count). The third-order valence-corrected chi connectivity index (χ3v) is 5.14. The van der Waals surface area contributed by atoms with Crippen LogP contribution >= 0.6 is 15.9 Å². The fourth-order valence-electron chi connectivity index (χ4n) is 3.21. The number of anilines is 3.